The van der Waals surface area contributed by atoms with Crippen molar-refractivity contribution in [1.82, 2.24) is 4.90 Å². The van der Waals surface area contributed by atoms with E-state index in [0.29, 0.717) is 31.8 Å². The molecule has 0 aliphatic carbocycles. The van der Waals surface area contributed by atoms with Crippen molar-refractivity contribution >= 4 is 0 Å². The number of morpholine rings is 1. The fraction of sp³-hybridized carbons (Fsp3) is 0.500. The molecule has 0 spiro atoms. The third-order valence-electron chi connectivity index (χ3n) is 2.84. The van der Waals surface area contributed by atoms with E-state index in [0.717, 1.165) is 6.07 Å². The summed E-state index contributed by atoms with van der Waals surface area (Å²) in [5, 5.41) is 8.99. The molecule has 1 aromatic rings. The van der Waals surface area contributed by atoms with Gasteiger partial charge in [0.2, 0.25) is 0 Å². The van der Waals surface area contributed by atoms with Crippen molar-refractivity contribution in [3.8, 4) is 0 Å². The van der Waals surface area contributed by atoms with Gasteiger partial charge in [-0.05, 0) is 6.07 Å². The molecule has 1 atom stereocenters. The zero-order chi connectivity index (χ0) is 12.3. The smallest absolute Gasteiger partial charge is 0.130 e. The van der Waals surface area contributed by atoms with Crippen LogP contribution in [0.5, 0.6) is 0 Å². The maximum atomic E-state index is 13.4. The third-order valence-corrected chi connectivity index (χ3v) is 2.84. The van der Waals surface area contributed by atoms with Crippen LogP contribution in [0.2, 0.25) is 0 Å². The predicted octanol–water partition coefficient (Wildman–Crippen LogP) is 1.16. The first kappa shape index (κ1) is 12.4. The van der Waals surface area contributed by atoms with Crippen LogP contribution in [0.25, 0.3) is 0 Å². The van der Waals surface area contributed by atoms with Crippen molar-refractivity contribution < 1.29 is 18.6 Å². The summed E-state index contributed by atoms with van der Waals surface area (Å²) in [6, 6.07) is 3.59. The molecule has 94 valence electrons. The molecule has 0 aromatic heterocycles. The lowest BCUT2D eigenvalue weighted by atomic mass is 10.1. The summed E-state index contributed by atoms with van der Waals surface area (Å²) < 4.78 is 31.5. The second-order valence-corrected chi connectivity index (χ2v) is 4.15. The molecule has 0 saturated carbocycles. The first-order chi connectivity index (χ1) is 8.19. The summed E-state index contributed by atoms with van der Waals surface area (Å²) in [6.45, 7) is 2.14. The number of hydrogen-bond acceptors (Lipinski definition) is 3. The van der Waals surface area contributed by atoms with E-state index in [9.17, 15) is 8.78 Å². The highest BCUT2D eigenvalue weighted by molar-refractivity contribution is 5.18. The number of ether oxygens (including phenoxy) is 1. The van der Waals surface area contributed by atoms with Crippen molar-refractivity contribution in [1.29, 1.82) is 0 Å². The molecule has 1 aliphatic rings. The number of halogens is 2. The average molecular weight is 243 g/mol. The molecule has 1 fully saturated rings. The summed E-state index contributed by atoms with van der Waals surface area (Å²) in [5.41, 5.74) is 0.463. The maximum absolute atomic E-state index is 13.4. The Hall–Kier alpha value is -1.04. The third kappa shape index (κ3) is 3.21. The fourth-order valence-corrected chi connectivity index (χ4v) is 1.93. The van der Waals surface area contributed by atoms with Gasteiger partial charge in [0.25, 0.3) is 0 Å². The fourth-order valence-electron chi connectivity index (χ4n) is 1.93. The van der Waals surface area contributed by atoms with Gasteiger partial charge in [0, 0.05) is 31.3 Å². The highest BCUT2D eigenvalue weighted by atomic mass is 19.1. The number of hydrogen-bond donors (Lipinski definition) is 1. The van der Waals surface area contributed by atoms with E-state index in [-0.39, 0.29) is 12.7 Å². The van der Waals surface area contributed by atoms with Gasteiger partial charge in [-0.1, -0.05) is 6.07 Å². The van der Waals surface area contributed by atoms with Gasteiger partial charge in [-0.3, -0.25) is 4.90 Å². The Morgan fingerprint density at radius 3 is 2.94 bits per heavy atom. The van der Waals surface area contributed by atoms with E-state index in [1.54, 1.807) is 0 Å². The lowest BCUT2D eigenvalue weighted by Crippen LogP contribution is -2.43. The van der Waals surface area contributed by atoms with Gasteiger partial charge in [0.05, 0.1) is 19.3 Å². The first-order valence-corrected chi connectivity index (χ1v) is 5.58. The first-order valence-electron chi connectivity index (χ1n) is 5.58. The molecular formula is C12H15F2NO2. The molecule has 17 heavy (non-hydrogen) atoms. The van der Waals surface area contributed by atoms with Crippen molar-refractivity contribution in [2.75, 3.05) is 26.3 Å². The van der Waals surface area contributed by atoms with E-state index in [1.165, 1.54) is 12.1 Å². The standard InChI is InChI=1S/C12H15F2NO2/c13-10-2-1-9(12(14)5-10)6-15-3-4-17-11(7-15)8-16/h1-2,5,11,16H,3-4,6-8H2. The number of rotatable bonds is 3. The molecule has 1 heterocycles. The highest BCUT2D eigenvalue weighted by Gasteiger charge is 2.20. The summed E-state index contributed by atoms with van der Waals surface area (Å²) in [6.07, 6.45) is -0.216. The molecule has 0 bridgehead atoms. The monoisotopic (exact) mass is 243 g/mol. The summed E-state index contributed by atoms with van der Waals surface area (Å²) >= 11 is 0. The van der Waals surface area contributed by atoms with Gasteiger partial charge in [-0.25, -0.2) is 8.78 Å². The van der Waals surface area contributed by atoms with Crippen molar-refractivity contribution in [3.63, 3.8) is 0 Å². The number of nitrogens with zero attached hydrogens (tertiary/aromatic N) is 1. The van der Waals surface area contributed by atoms with Crippen LogP contribution in [-0.2, 0) is 11.3 Å². The molecule has 0 radical (unpaired) electrons. The molecule has 1 N–H and O–H groups in total. The molecule has 1 aromatic carbocycles. The number of aliphatic hydroxyl groups excluding tert-OH is 1. The van der Waals surface area contributed by atoms with Crippen LogP contribution in [0.3, 0.4) is 0 Å². The largest absolute Gasteiger partial charge is 0.394 e. The van der Waals surface area contributed by atoms with Gasteiger partial charge in [0.1, 0.15) is 11.6 Å². The van der Waals surface area contributed by atoms with E-state index in [4.69, 9.17) is 9.84 Å². The molecular weight excluding hydrogens is 228 g/mol. The molecule has 0 amide bonds. The minimum atomic E-state index is -0.568. The molecule has 5 heteroatoms. The van der Waals surface area contributed by atoms with Crippen LogP contribution in [0, 0.1) is 11.6 Å². The number of aliphatic hydroxyl groups is 1. The predicted molar refractivity (Wildman–Crippen MR) is 58.5 cm³/mol. The van der Waals surface area contributed by atoms with Crippen LogP contribution in [-0.4, -0.2) is 42.4 Å². The minimum absolute atomic E-state index is 0.0393. The summed E-state index contributed by atoms with van der Waals surface area (Å²) in [5.74, 6) is -1.10. The molecule has 1 unspecified atom stereocenters. The Bertz CT molecular complexity index is 387. The second-order valence-electron chi connectivity index (χ2n) is 4.15. The van der Waals surface area contributed by atoms with Crippen LogP contribution >= 0.6 is 0 Å². The van der Waals surface area contributed by atoms with Crippen LogP contribution in [0.15, 0.2) is 18.2 Å². The Morgan fingerprint density at radius 1 is 1.41 bits per heavy atom. The van der Waals surface area contributed by atoms with Crippen LogP contribution < -0.4 is 0 Å². The van der Waals surface area contributed by atoms with Gasteiger partial charge >= 0.3 is 0 Å². The van der Waals surface area contributed by atoms with Gasteiger partial charge in [-0.15, -0.1) is 0 Å². The van der Waals surface area contributed by atoms with Crippen molar-refractivity contribution in [3.05, 3.63) is 35.4 Å². The SMILES string of the molecule is OCC1CN(Cc2ccc(F)cc2F)CCO1. The molecule has 1 saturated heterocycles. The quantitative estimate of drug-likeness (QED) is 0.864. The Kier molecular flexibility index (Phi) is 4.04. The zero-order valence-corrected chi connectivity index (χ0v) is 9.40. The number of benzene rings is 1. The molecule has 2 rings (SSSR count). The van der Waals surface area contributed by atoms with Crippen molar-refractivity contribution in [2.24, 2.45) is 0 Å². The van der Waals surface area contributed by atoms with Crippen LogP contribution in [0.1, 0.15) is 5.56 Å². The van der Waals surface area contributed by atoms with Gasteiger partial charge < -0.3 is 9.84 Å². The van der Waals surface area contributed by atoms with E-state index in [1.807, 2.05) is 4.90 Å². The minimum Gasteiger partial charge on any atom is -0.394 e. The Balaban J connectivity index is 2.00. The molecule has 1 aliphatic heterocycles. The van der Waals surface area contributed by atoms with Crippen LogP contribution in [0.4, 0.5) is 8.78 Å². The topological polar surface area (TPSA) is 32.7 Å². The molecule has 3 nitrogen and oxygen atoms in total. The summed E-state index contributed by atoms with van der Waals surface area (Å²) in [4.78, 5) is 1.99. The average Bonchev–Trinajstić information content (AvgIpc) is 2.33. The lowest BCUT2D eigenvalue weighted by molar-refractivity contribution is -0.0553. The van der Waals surface area contributed by atoms with E-state index >= 15 is 0 Å². The summed E-state index contributed by atoms with van der Waals surface area (Å²) in [7, 11) is 0. The second kappa shape index (κ2) is 5.53. The van der Waals surface area contributed by atoms with Crippen molar-refractivity contribution in [2.45, 2.75) is 12.6 Å². The zero-order valence-electron chi connectivity index (χ0n) is 9.40. The Morgan fingerprint density at radius 2 is 2.24 bits per heavy atom. The van der Waals surface area contributed by atoms with Gasteiger partial charge in [0.15, 0.2) is 0 Å². The Labute approximate surface area is 98.6 Å². The van der Waals surface area contributed by atoms with E-state index < -0.39 is 11.6 Å². The lowest BCUT2D eigenvalue weighted by Gasteiger charge is -2.32. The highest BCUT2D eigenvalue weighted by Crippen LogP contribution is 2.14. The maximum Gasteiger partial charge on any atom is 0.130 e. The van der Waals surface area contributed by atoms with E-state index in [2.05, 4.69) is 0 Å². The normalized spacial score (nSPS) is 21.7. The van der Waals surface area contributed by atoms with Gasteiger partial charge in [-0.2, -0.15) is 0 Å².